The van der Waals surface area contributed by atoms with Crippen LogP contribution >= 0.6 is 0 Å². The highest BCUT2D eigenvalue weighted by molar-refractivity contribution is 5.69. The molecule has 0 amide bonds. The van der Waals surface area contributed by atoms with Crippen molar-refractivity contribution < 1.29 is 14.6 Å². The summed E-state index contributed by atoms with van der Waals surface area (Å²) in [6.45, 7) is 6.78. The van der Waals surface area contributed by atoms with Crippen LogP contribution in [-0.2, 0) is 9.53 Å². The molecular formula is C10H21NO3. The van der Waals surface area contributed by atoms with Crippen molar-refractivity contribution in [1.82, 2.24) is 4.90 Å². The minimum absolute atomic E-state index is 0.0725. The minimum Gasteiger partial charge on any atom is -0.480 e. The summed E-state index contributed by atoms with van der Waals surface area (Å²) in [6, 6.07) is 0.281. The molecule has 0 bridgehead atoms. The van der Waals surface area contributed by atoms with Crippen LogP contribution in [-0.4, -0.2) is 48.3 Å². The van der Waals surface area contributed by atoms with Crippen LogP contribution in [0.25, 0.3) is 0 Å². The molecule has 0 saturated carbocycles. The Labute approximate surface area is 85.9 Å². The van der Waals surface area contributed by atoms with Crippen molar-refractivity contribution in [3.63, 3.8) is 0 Å². The lowest BCUT2D eigenvalue weighted by Crippen LogP contribution is -2.41. The smallest absolute Gasteiger partial charge is 0.317 e. The molecule has 0 heterocycles. The fourth-order valence-electron chi connectivity index (χ4n) is 1.24. The number of hydrogen-bond donors (Lipinski definition) is 1. The van der Waals surface area contributed by atoms with Gasteiger partial charge in [-0.15, -0.1) is 0 Å². The fraction of sp³-hybridized carbons (Fsp3) is 0.900. The summed E-state index contributed by atoms with van der Waals surface area (Å²) in [4.78, 5) is 12.5. The van der Waals surface area contributed by atoms with Gasteiger partial charge in [0.2, 0.25) is 0 Å². The number of carboxylic acid groups (broad SMARTS) is 1. The number of hydrogen-bond acceptors (Lipinski definition) is 3. The molecule has 0 aromatic heterocycles. The molecule has 0 aromatic rings. The molecule has 0 rings (SSSR count). The van der Waals surface area contributed by atoms with E-state index in [-0.39, 0.29) is 18.7 Å². The van der Waals surface area contributed by atoms with E-state index in [1.807, 2.05) is 18.7 Å². The predicted octanol–water partition coefficient (Wildman–Crippen LogP) is 1.21. The molecule has 1 N–H and O–H groups in total. The average molecular weight is 203 g/mol. The van der Waals surface area contributed by atoms with Gasteiger partial charge in [0.1, 0.15) is 0 Å². The van der Waals surface area contributed by atoms with Crippen molar-refractivity contribution in [3.8, 4) is 0 Å². The lowest BCUT2D eigenvalue weighted by atomic mass is 10.2. The maximum absolute atomic E-state index is 10.6. The SMILES string of the molecule is CCC(C)N(CC(=O)O)CC(C)OC. The van der Waals surface area contributed by atoms with Crippen LogP contribution in [0.4, 0.5) is 0 Å². The van der Waals surface area contributed by atoms with Crippen molar-refractivity contribution in [1.29, 1.82) is 0 Å². The molecule has 0 saturated heterocycles. The summed E-state index contributed by atoms with van der Waals surface area (Å²) < 4.78 is 5.12. The van der Waals surface area contributed by atoms with E-state index in [0.29, 0.717) is 6.54 Å². The van der Waals surface area contributed by atoms with Gasteiger partial charge in [-0.05, 0) is 20.3 Å². The fourth-order valence-corrected chi connectivity index (χ4v) is 1.24. The van der Waals surface area contributed by atoms with Crippen molar-refractivity contribution in [3.05, 3.63) is 0 Å². The molecule has 0 aliphatic heterocycles. The van der Waals surface area contributed by atoms with Gasteiger partial charge in [0, 0.05) is 19.7 Å². The van der Waals surface area contributed by atoms with Gasteiger partial charge in [0.05, 0.1) is 12.6 Å². The van der Waals surface area contributed by atoms with Gasteiger partial charge in [0.25, 0.3) is 0 Å². The minimum atomic E-state index is -0.784. The zero-order valence-corrected chi connectivity index (χ0v) is 9.49. The first-order chi connectivity index (χ1) is 6.51. The standard InChI is InChI=1S/C10H21NO3/c1-5-8(2)11(7-10(12)13)6-9(3)14-4/h8-9H,5-7H2,1-4H3,(H,12,13). The van der Waals surface area contributed by atoms with Crippen LogP contribution in [0.15, 0.2) is 0 Å². The van der Waals surface area contributed by atoms with Gasteiger partial charge >= 0.3 is 5.97 Å². The Morgan fingerprint density at radius 1 is 1.50 bits per heavy atom. The number of carbonyl (C=O) groups is 1. The van der Waals surface area contributed by atoms with Crippen LogP contribution in [0.2, 0.25) is 0 Å². The number of aliphatic carboxylic acids is 1. The summed E-state index contributed by atoms with van der Waals surface area (Å²) in [7, 11) is 1.64. The molecule has 0 radical (unpaired) electrons. The van der Waals surface area contributed by atoms with Crippen LogP contribution in [0.1, 0.15) is 27.2 Å². The van der Waals surface area contributed by atoms with E-state index < -0.39 is 5.97 Å². The third kappa shape index (κ3) is 5.19. The lowest BCUT2D eigenvalue weighted by molar-refractivity contribution is -0.139. The quantitative estimate of drug-likeness (QED) is 0.675. The summed E-state index contributed by atoms with van der Waals surface area (Å²) in [6.07, 6.45) is 1.02. The van der Waals surface area contributed by atoms with Crippen LogP contribution in [0, 0.1) is 0 Å². The number of methoxy groups -OCH3 is 1. The van der Waals surface area contributed by atoms with E-state index in [1.165, 1.54) is 0 Å². The first kappa shape index (κ1) is 13.4. The van der Waals surface area contributed by atoms with Crippen molar-refractivity contribution in [2.45, 2.75) is 39.3 Å². The molecule has 0 aromatic carbocycles. The van der Waals surface area contributed by atoms with E-state index in [2.05, 4.69) is 6.92 Å². The second-order valence-corrected chi connectivity index (χ2v) is 3.63. The van der Waals surface area contributed by atoms with E-state index in [4.69, 9.17) is 9.84 Å². The molecule has 0 aliphatic rings. The monoisotopic (exact) mass is 203 g/mol. The Morgan fingerprint density at radius 3 is 2.43 bits per heavy atom. The zero-order valence-electron chi connectivity index (χ0n) is 9.49. The molecule has 2 atom stereocenters. The molecule has 4 nitrogen and oxygen atoms in total. The van der Waals surface area contributed by atoms with E-state index in [1.54, 1.807) is 7.11 Å². The van der Waals surface area contributed by atoms with Gasteiger partial charge in [-0.1, -0.05) is 6.92 Å². The maximum Gasteiger partial charge on any atom is 0.317 e. The van der Waals surface area contributed by atoms with E-state index >= 15 is 0 Å². The van der Waals surface area contributed by atoms with Gasteiger partial charge < -0.3 is 9.84 Å². The molecule has 0 fully saturated rings. The molecular weight excluding hydrogens is 182 g/mol. The summed E-state index contributed by atoms with van der Waals surface area (Å²) >= 11 is 0. The molecule has 0 spiro atoms. The molecule has 84 valence electrons. The Bertz CT molecular complexity index is 173. The van der Waals surface area contributed by atoms with E-state index in [0.717, 1.165) is 6.42 Å². The lowest BCUT2D eigenvalue weighted by Gasteiger charge is -2.28. The largest absolute Gasteiger partial charge is 0.480 e. The van der Waals surface area contributed by atoms with Crippen LogP contribution < -0.4 is 0 Å². The van der Waals surface area contributed by atoms with Gasteiger partial charge in [-0.2, -0.15) is 0 Å². The zero-order chi connectivity index (χ0) is 11.1. The summed E-state index contributed by atoms with van der Waals surface area (Å²) in [5, 5.41) is 8.73. The Morgan fingerprint density at radius 2 is 2.07 bits per heavy atom. The molecule has 2 unspecified atom stereocenters. The van der Waals surface area contributed by atoms with Gasteiger partial charge in [-0.3, -0.25) is 9.69 Å². The van der Waals surface area contributed by atoms with Crippen molar-refractivity contribution in [2.75, 3.05) is 20.2 Å². The second-order valence-electron chi connectivity index (χ2n) is 3.63. The number of rotatable bonds is 7. The third-order valence-electron chi connectivity index (χ3n) is 2.45. The Balaban J connectivity index is 4.16. The highest BCUT2D eigenvalue weighted by atomic mass is 16.5. The van der Waals surface area contributed by atoms with Crippen LogP contribution in [0.5, 0.6) is 0 Å². The molecule has 14 heavy (non-hydrogen) atoms. The average Bonchev–Trinajstić information content (AvgIpc) is 2.14. The third-order valence-corrected chi connectivity index (χ3v) is 2.45. The summed E-state index contributed by atoms with van der Waals surface area (Å²) in [5.74, 6) is -0.784. The first-order valence-electron chi connectivity index (χ1n) is 4.99. The number of nitrogens with zero attached hydrogens (tertiary/aromatic N) is 1. The maximum atomic E-state index is 10.6. The van der Waals surface area contributed by atoms with Crippen LogP contribution in [0.3, 0.4) is 0 Å². The highest BCUT2D eigenvalue weighted by Crippen LogP contribution is 2.05. The van der Waals surface area contributed by atoms with Gasteiger partial charge in [-0.25, -0.2) is 0 Å². The van der Waals surface area contributed by atoms with Gasteiger partial charge in [0.15, 0.2) is 0 Å². The van der Waals surface area contributed by atoms with Crippen molar-refractivity contribution >= 4 is 5.97 Å². The Kier molecular flexibility index (Phi) is 6.49. The highest BCUT2D eigenvalue weighted by Gasteiger charge is 2.17. The number of ether oxygens (including phenoxy) is 1. The van der Waals surface area contributed by atoms with Crippen molar-refractivity contribution in [2.24, 2.45) is 0 Å². The molecule has 4 heteroatoms. The normalized spacial score (nSPS) is 15.5. The van der Waals surface area contributed by atoms with E-state index in [9.17, 15) is 4.79 Å². The predicted molar refractivity (Wildman–Crippen MR) is 55.4 cm³/mol. The topological polar surface area (TPSA) is 49.8 Å². The Hall–Kier alpha value is -0.610. The summed E-state index contributed by atoms with van der Waals surface area (Å²) in [5.41, 5.74) is 0. The first-order valence-corrected chi connectivity index (χ1v) is 4.99. The second kappa shape index (κ2) is 6.79. The molecule has 0 aliphatic carbocycles. The number of carboxylic acids is 1.